The topological polar surface area (TPSA) is 23.6 Å². The molecule has 4 heteroatoms. The van der Waals surface area contributed by atoms with Crippen molar-refractivity contribution in [3.8, 4) is 0 Å². The van der Waals surface area contributed by atoms with E-state index in [0.717, 1.165) is 24.9 Å². The average Bonchev–Trinajstić information content (AvgIpc) is 2.17. The van der Waals surface area contributed by atoms with Gasteiger partial charge in [-0.25, -0.2) is 0 Å². The van der Waals surface area contributed by atoms with E-state index in [1.165, 1.54) is 12.8 Å². The summed E-state index contributed by atoms with van der Waals surface area (Å²) in [4.78, 5) is 13.2. The van der Waals surface area contributed by atoms with Gasteiger partial charge in [0, 0.05) is 20.1 Å². The third kappa shape index (κ3) is 2.79. The number of likely N-dealkylation sites (tertiary alicyclic amines) is 1. The molecular weight excluding hydrogens is 195 g/mol. The minimum atomic E-state index is 0.250. The molecule has 0 aliphatic carbocycles. The maximum atomic E-state index is 11.4. The Morgan fingerprint density at radius 2 is 1.93 bits per heavy atom. The summed E-state index contributed by atoms with van der Waals surface area (Å²) in [5.74, 6) is 0.250. The Bertz CT molecular complexity index is 234. The average molecular weight is 215 g/mol. The van der Waals surface area contributed by atoms with Crippen molar-refractivity contribution < 1.29 is 4.79 Å². The van der Waals surface area contributed by atoms with Crippen molar-refractivity contribution in [2.75, 3.05) is 26.7 Å². The molecular formula is C10H20N2OP+. The van der Waals surface area contributed by atoms with Crippen molar-refractivity contribution in [2.45, 2.75) is 26.7 Å². The molecule has 0 aromatic heterocycles. The van der Waals surface area contributed by atoms with Crippen LogP contribution >= 0.6 is 8.35 Å². The molecule has 1 atom stereocenters. The lowest BCUT2D eigenvalue weighted by Gasteiger charge is -2.24. The molecule has 0 saturated carbocycles. The second-order valence-corrected chi connectivity index (χ2v) is 5.20. The quantitative estimate of drug-likeness (QED) is 0.510. The van der Waals surface area contributed by atoms with E-state index in [1.54, 1.807) is 4.90 Å². The molecule has 1 rings (SSSR count). The fourth-order valence-electron chi connectivity index (χ4n) is 1.55. The van der Waals surface area contributed by atoms with E-state index in [9.17, 15) is 4.79 Å². The smallest absolute Gasteiger partial charge is 0.295 e. The van der Waals surface area contributed by atoms with Crippen molar-refractivity contribution in [3.63, 3.8) is 0 Å². The highest BCUT2D eigenvalue weighted by Gasteiger charge is 2.34. The summed E-state index contributed by atoms with van der Waals surface area (Å²) in [5, 5.41) is 1.11. The predicted molar refractivity (Wildman–Crippen MR) is 63.1 cm³/mol. The van der Waals surface area contributed by atoms with Gasteiger partial charge in [0.25, 0.3) is 5.91 Å². The molecule has 1 fully saturated rings. The van der Waals surface area contributed by atoms with Gasteiger partial charge < -0.3 is 4.90 Å². The normalized spacial score (nSPS) is 19.3. The van der Waals surface area contributed by atoms with Crippen LogP contribution < -0.4 is 0 Å². The lowest BCUT2D eigenvalue weighted by Crippen LogP contribution is -2.50. The molecule has 1 aliphatic rings. The first kappa shape index (κ1) is 11.7. The summed E-state index contributed by atoms with van der Waals surface area (Å²) < 4.78 is 2.40. The van der Waals surface area contributed by atoms with Crippen LogP contribution in [0.3, 0.4) is 0 Å². The van der Waals surface area contributed by atoms with Crippen LogP contribution in [0, 0.1) is 0 Å². The van der Waals surface area contributed by atoms with Crippen LogP contribution in [-0.4, -0.2) is 47.5 Å². The van der Waals surface area contributed by atoms with Crippen LogP contribution in [0.2, 0.25) is 0 Å². The number of hydrogen-bond acceptors (Lipinski definition) is 2. The summed E-state index contributed by atoms with van der Waals surface area (Å²) in [5.41, 5.74) is 0. The van der Waals surface area contributed by atoms with Crippen molar-refractivity contribution in [1.82, 2.24) is 9.57 Å². The van der Waals surface area contributed by atoms with Crippen molar-refractivity contribution >= 4 is 19.6 Å². The van der Waals surface area contributed by atoms with Crippen LogP contribution in [0.25, 0.3) is 0 Å². The molecule has 1 heterocycles. The Morgan fingerprint density at radius 1 is 1.36 bits per heavy atom. The molecule has 3 nitrogen and oxygen atoms in total. The number of carbonyl (C=O) groups is 1. The Hall–Kier alpha value is -0.400. The standard InChI is InChI=1S/C10H19N2OP/c1-4-6-12(7-5-2)14-9-8-11(3)10(9)13/h4-8H2,1-3H3/p+1. The third-order valence-electron chi connectivity index (χ3n) is 2.28. The fourth-order valence-corrected chi connectivity index (χ4v) is 3.20. The highest BCUT2D eigenvalue weighted by Crippen LogP contribution is 2.17. The number of amides is 1. The Balaban J connectivity index is 2.49. The zero-order chi connectivity index (χ0) is 10.6. The SMILES string of the molecule is CCCN(CCC)[PH+]=C1CN(C)C1=O. The maximum absolute atomic E-state index is 11.4. The number of nitrogens with zero attached hydrogens (tertiary/aromatic N) is 2. The molecule has 1 unspecified atom stereocenters. The van der Waals surface area contributed by atoms with Gasteiger partial charge in [0.1, 0.15) is 0 Å². The highest BCUT2D eigenvalue weighted by atomic mass is 31.1. The molecule has 1 aliphatic heterocycles. The summed E-state index contributed by atoms with van der Waals surface area (Å²) in [7, 11) is 2.48. The minimum absolute atomic E-state index is 0.250. The number of hydrogen-bond donors (Lipinski definition) is 0. The zero-order valence-electron chi connectivity index (χ0n) is 9.34. The maximum Gasteiger partial charge on any atom is 0.295 e. The first-order valence-electron chi connectivity index (χ1n) is 5.32. The van der Waals surface area contributed by atoms with Gasteiger partial charge in [0.05, 0.1) is 6.54 Å². The van der Waals surface area contributed by atoms with Gasteiger partial charge >= 0.3 is 0 Å². The van der Waals surface area contributed by atoms with Crippen LogP contribution in [0.5, 0.6) is 0 Å². The largest absolute Gasteiger partial charge is 0.330 e. The molecule has 1 amide bonds. The number of carbonyl (C=O) groups excluding carboxylic acids is 1. The Labute approximate surface area is 87.9 Å². The van der Waals surface area contributed by atoms with Gasteiger partial charge in [-0.05, 0) is 12.8 Å². The number of β-lactam (4-membered cyclic amide) rings is 1. The first-order valence-corrected chi connectivity index (χ1v) is 6.26. The van der Waals surface area contributed by atoms with Crippen molar-refractivity contribution in [1.29, 1.82) is 0 Å². The molecule has 14 heavy (non-hydrogen) atoms. The van der Waals surface area contributed by atoms with E-state index in [1.807, 2.05) is 7.05 Å². The molecule has 0 N–H and O–H groups in total. The lowest BCUT2D eigenvalue weighted by atomic mass is 10.2. The molecule has 0 spiro atoms. The molecule has 0 aromatic carbocycles. The summed E-state index contributed by atoms with van der Waals surface area (Å²) in [6.45, 7) is 7.49. The summed E-state index contributed by atoms with van der Waals surface area (Å²) in [6, 6.07) is 0. The van der Waals surface area contributed by atoms with Gasteiger partial charge in [-0.3, -0.25) is 4.79 Å². The predicted octanol–water partition coefficient (Wildman–Crippen LogP) is 1.35. The molecule has 0 aromatic rings. The third-order valence-corrected chi connectivity index (χ3v) is 3.69. The van der Waals surface area contributed by atoms with Crippen LogP contribution in [-0.2, 0) is 4.79 Å². The fraction of sp³-hybridized carbons (Fsp3) is 0.800. The van der Waals surface area contributed by atoms with E-state index in [-0.39, 0.29) is 5.91 Å². The van der Waals surface area contributed by atoms with Gasteiger partial charge in [-0.15, -0.1) is 4.67 Å². The summed E-state index contributed by atoms with van der Waals surface area (Å²) in [6.07, 6.45) is 2.34. The highest BCUT2D eigenvalue weighted by molar-refractivity contribution is 7.41. The van der Waals surface area contributed by atoms with Crippen molar-refractivity contribution in [2.24, 2.45) is 0 Å². The van der Waals surface area contributed by atoms with Gasteiger partial charge in [0.15, 0.2) is 8.35 Å². The van der Waals surface area contributed by atoms with E-state index in [2.05, 4.69) is 18.5 Å². The summed E-state index contributed by atoms with van der Waals surface area (Å²) >= 11 is 0. The second-order valence-electron chi connectivity index (χ2n) is 3.74. The van der Waals surface area contributed by atoms with Crippen LogP contribution in [0.15, 0.2) is 0 Å². The van der Waals surface area contributed by atoms with Crippen LogP contribution in [0.1, 0.15) is 26.7 Å². The second kappa shape index (κ2) is 5.47. The number of rotatable bonds is 5. The van der Waals surface area contributed by atoms with E-state index < -0.39 is 0 Å². The van der Waals surface area contributed by atoms with E-state index in [0.29, 0.717) is 8.35 Å². The van der Waals surface area contributed by atoms with E-state index in [4.69, 9.17) is 0 Å². The lowest BCUT2D eigenvalue weighted by molar-refractivity contribution is -0.125. The van der Waals surface area contributed by atoms with Crippen molar-refractivity contribution in [3.05, 3.63) is 0 Å². The van der Waals surface area contributed by atoms with Gasteiger partial charge in [-0.1, -0.05) is 13.8 Å². The monoisotopic (exact) mass is 215 g/mol. The molecule has 0 radical (unpaired) electrons. The minimum Gasteiger partial charge on any atom is -0.330 e. The Kier molecular flexibility index (Phi) is 4.56. The van der Waals surface area contributed by atoms with Gasteiger partial charge in [-0.2, -0.15) is 0 Å². The van der Waals surface area contributed by atoms with E-state index >= 15 is 0 Å². The Morgan fingerprint density at radius 3 is 2.29 bits per heavy atom. The van der Waals surface area contributed by atoms with Crippen LogP contribution in [0.4, 0.5) is 0 Å². The molecule has 80 valence electrons. The molecule has 1 saturated heterocycles. The van der Waals surface area contributed by atoms with Gasteiger partial charge in [0.2, 0.25) is 5.29 Å². The zero-order valence-corrected chi connectivity index (χ0v) is 10.3. The molecule has 0 bridgehead atoms. The first-order chi connectivity index (χ1) is 6.69.